The third-order valence-corrected chi connectivity index (χ3v) is 4.23. The van der Waals surface area contributed by atoms with Gasteiger partial charge in [0.05, 0.1) is 5.52 Å². The predicted octanol–water partition coefficient (Wildman–Crippen LogP) is 3.16. The van der Waals surface area contributed by atoms with Gasteiger partial charge in [0.1, 0.15) is 18.0 Å². The van der Waals surface area contributed by atoms with Gasteiger partial charge in [-0.1, -0.05) is 22.0 Å². The number of benzene rings is 1. The summed E-state index contributed by atoms with van der Waals surface area (Å²) in [7, 11) is 1.72. The number of halogens is 1. The molecule has 1 heterocycles. The Morgan fingerprint density at radius 1 is 1.28 bits per heavy atom. The third-order valence-electron chi connectivity index (χ3n) is 3.34. The van der Waals surface area contributed by atoms with Crippen LogP contribution in [0.4, 0.5) is 0 Å². The van der Waals surface area contributed by atoms with E-state index in [0.717, 1.165) is 23.1 Å². The highest BCUT2D eigenvalue weighted by molar-refractivity contribution is 9.09. The molecular weight excluding hydrogens is 294 g/mol. The first-order valence-electron chi connectivity index (χ1n) is 5.97. The van der Waals surface area contributed by atoms with E-state index in [2.05, 4.69) is 20.9 Å². The van der Waals surface area contributed by atoms with Crippen molar-refractivity contribution in [3.05, 3.63) is 36.5 Å². The summed E-state index contributed by atoms with van der Waals surface area (Å²) in [5.74, 6) is 0.882. The Balaban J connectivity index is 1.87. The summed E-state index contributed by atoms with van der Waals surface area (Å²) in [6.45, 7) is 0. The number of rotatable bonds is 3. The minimum absolute atomic E-state index is 0.116. The first-order valence-corrected chi connectivity index (χ1v) is 6.88. The number of methoxy groups -OCH3 is 1. The van der Waals surface area contributed by atoms with Crippen molar-refractivity contribution in [2.45, 2.75) is 23.5 Å². The van der Waals surface area contributed by atoms with Gasteiger partial charge < -0.3 is 9.47 Å². The Labute approximate surface area is 114 Å². The zero-order valence-electron chi connectivity index (χ0n) is 10.0. The van der Waals surface area contributed by atoms with Crippen LogP contribution in [0.2, 0.25) is 0 Å². The first-order chi connectivity index (χ1) is 8.79. The number of hydrogen-bond acceptors (Lipinski definition) is 3. The van der Waals surface area contributed by atoms with E-state index in [1.54, 1.807) is 13.3 Å². The largest absolute Gasteiger partial charge is 0.487 e. The van der Waals surface area contributed by atoms with E-state index in [9.17, 15) is 0 Å². The molecule has 1 saturated carbocycles. The molecule has 3 rings (SSSR count). The van der Waals surface area contributed by atoms with Crippen molar-refractivity contribution in [3.8, 4) is 5.75 Å². The number of ether oxygens (including phenoxy) is 2. The Morgan fingerprint density at radius 3 is 2.94 bits per heavy atom. The Bertz CT molecular complexity index is 555. The van der Waals surface area contributed by atoms with Crippen LogP contribution in [0.5, 0.6) is 5.75 Å². The van der Waals surface area contributed by atoms with Crippen molar-refractivity contribution >= 4 is 26.8 Å². The number of hydrogen-bond donors (Lipinski definition) is 0. The highest BCUT2D eigenvalue weighted by Crippen LogP contribution is 2.35. The van der Waals surface area contributed by atoms with Gasteiger partial charge in [0.2, 0.25) is 0 Å². The quantitative estimate of drug-likeness (QED) is 0.816. The summed E-state index contributed by atoms with van der Waals surface area (Å²) in [6.07, 6.45) is 3.00. The molecule has 0 aliphatic heterocycles. The molecule has 1 aliphatic rings. The van der Waals surface area contributed by atoms with Crippen LogP contribution >= 0.6 is 15.9 Å². The number of pyridine rings is 1. The van der Waals surface area contributed by atoms with Gasteiger partial charge >= 0.3 is 0 Å². The highest BCUT2D eigenvalue weighted by atomic mass is 79.9. The Kier molecular flexibility index (Phi) is 3.22. The third kappa shape index (κ3) is 1.99. The number of fused-ring (bicyclic) bond motifs is 1. The first kappa shape index (κ1) is 11.9. The SMILES string of the molecule is COC1C(Br)CC1Oc1cccc2ncccc12. The maximum atomic E-state index is 6.04. The summed E-state index contributed by atoms with van der Waals surface area (Å²) in [4.78, 5) is 4.72. The fourth-order valence-electron chi connectivity index (χ4n) is 2.28. The summed E-state index contributed by atoms with van der Waals surface area (Å²) in [5.41, 5.74) is 0.957. The topological polar surface area (TPSA) is 31.4 Å². The van der Waals surface area contributed by atoms with Crippen molar-refractivity contribution in [2.75, 3.05) is 7.11 Å². The maximum Gasteiger partial charge on any atom is 0.129 e. The fourth-order valence-corrected chi connectivity index (χ4v) is 3.21. The van der Waals surface area contributed by atoms with E-state index < -0.39 is 0 Å². The molecule has 0 N–H and O–H groups in total. The van der Waals surface area contributed by atoms with Gasteiger partial charge in [-0.25, -0.2) is 0 Å². The van der Waals surface area contributed by atoms with Crippen molar-refractivity contribution < 1.29 is 9.47 Å². The molecule has 3 unspecified atom stereocenters. The average molecular weight is 308 g/mol. The van der Waals surface area contributed by atoms with Crippen LogP contribution in [0.1, 0.15) is 6.42 Å². The summed E-state index contributed by atoms with van der Waals surface area (Å²) in [6, 6.07) is 9.90. The normalized spacial score (nSPS) is 26.9. The molecule has 3 atom stereocenters. The van der Waals surface area contributed by atoms with Gasteiger partial charge in [0.15, 0.2) is 0 Å². The van der Waals surface area contributed by atoms with Gasteiger partial charge in [-0.05, 0) is 24.3 Å². The van der Waals surface area contributed by atoms with E-state index >= 15 is 0 Å². The lowest BCUT2D eigenvalue weighted by atomic mass is 9.91. The second kappa shape index (κ2) is 4.86. The van der Waals surface area contributed by atoms with Crippen LogP contribution in [0.25, 0.3) is 10.9 Å². The summed E-state index contributed by atoms with van der Waals surface area (Å²) in [5, 5.41) is 1.05. The number of aromatic nitrogens is 1. The Morgan fingerprint density at radius 2 is 2.17 bits per heavy atom. The minimum Gasteiger partial charge on any atom is -0.487 e. The highest BCUT2D eigenvalue weighted by Gasteiger charge is 2.41. The second-order valence-electron chi connectivity index (χ2n) is 4.43. The molecular formula is C14H14BrNO2. The zero-order chi connectivity index (χ0) is 12.5. The average Bonchev–Trinajstić information content (AvgIpc) is 2.39. The summed E-state index contributed by atoms with van der Waals surface area (Å²) < 4.78 is 11.5. The fraction of sp³-hybridized carbons (Fsp3) is 0.357. The smallest absolute Gasteiger partial charge is 0.129 e. The number of alkyl halides is 1. The molecule has 18 heavy (non-hydrogen) atoms. The van der Waals surface area contributed by atoms with Crippen LogP contribution in [-0.4, -0.2) is 29.1 Å². The van der Waals surface area contributed by atoms with Crippen molar-refractivity contribution in [3.63, 3.8) is 0 Å². The van der Waals surface area contributed by atoms with Crippen molar-refractivity contribution in [1.82, 2.24) is 4.98 Å². The van der Waals surface area contributed by atoms with Crippen molar-refractivity contribution in [2.24, 2.45) is 0 Å². The van der Waals surface area contributed by atoms with E-state index in [-0.39, 0.29) is 12.2 Å². The van der Waals surface area contributed by atoms with Gasteiger partial charge in [-0.2, -0.15) is 0 Å². The lowest BCUT2D eigenvalue weighted by Crippen LogP contribution is -2.51. The van der Waals surface area contributed by atoms with E-state index in [4.69, 9.17) is 9.47 Å². The van der Waals surface area contributed by atoms with Crippen LogP contribution in [0.15, 0.2) is 36.5 Å². The Hall–Kier alpha value is -1.13. The zero-order valence-corrected chi connectivity index (χ0v) is 11.6. The van der Waals surface area contributed by atoms with E-state index in [1.165, 1.54) is 0 Å². The molecule has 3 nitrogen and oxygen atoms in total. The monoisotopic (exact) mass is 307 g/mol. The van der Waals surface area contributed by atoms with E-state index in [0.29, 0.717) is 4.83 Å². The molecule has 0 amide bonds. The van der Waals surface area contributed by atoms with Crippen LogP contribution < -0.4 is 4.74 Å². The summed E-state index contributed by atoms with van der Waals surface area (Å²) >= 11 is 3.57. The standard InChI is InChI=1S/C14H14BrNO2/c1-17-14-10(15)8-13(14)18-12-6-2-5-11-9(12)4-3-7-16-11/h2-7,10,13-14H,8H2,1H3. The molecule has 4 heteroatoms. The second-order valence-corrected chi connectivity index (χ2v) is 5.61. The maximum absolute atomic E-state index is 6.04. The molecule has 1 fully saturated rings. The van der Waals surface area contributed by atoms with Crippen LogP contribution in [0, 0.1) is 0 Å². The van der Waals surface area contributed by atoms with E-state index in [1.807, 2.05) is 30.3 Å². The molecule has 0 bridgehead atoms. The molecule has 0 radical (unpaired) electrons. The molecule has 1 aromatic heterocycles. The van der Waals surface area contributed by atoms with Crippen molar-refractivity contribution in [1.29, 1.82) is 0 Å². The molecule has 1 aliphatic carbocycles. The minimum atomic E-state index is 0.116. The molecule has 94 valence electrons. The predicted molar refractivity (Wildman–Crippen MR) is 74.3 cm³/mol. The van der Waals surface area contributed by atoms with Gasteiger partial charge in [0, 0.05) is 29.9 Å². The lowest BCUT2D eigenvalue weighted by Gasteiger charge is -2.40. The molecule has 0 spiro atoms. The molecule has 1 aromatic carbocycles. The van der Waals surface area contributed by atoms with Gasteiger partial charge in [-0.15, -0.1) is 0 Å². The molecule has 2 aromatic rings. The lowest BCUT2D eigenvalue weighted by molar-refractivity contribution is -0.0538. The van der Waals surface area contributed by atoms with Crippen LogP contribution in [0.3, 0.4) is 0 Å². The van der Waals surface area contributed by atoms with Gasteiger partial charge in [-0.3, -0.25) is 4.98 Å². The van der Waals surface area contributed by atoms with Crippen LogP contribution in [-0.2, 0) is 4.74 Å². The molecule has 0 saturated heterocycles. The van der Waals surface area contributed by atoms with Gasteiger partial charge in [0.25, 0.3) is 0 Å². The number of nitrogens with zero attached hydrogens (tertiary/aromatic N) is 1.